The number of nitrogens with zero attached hydrogens (tertiary/aromatic N) is 1. The fraction of sp³-hybridized carbons (Fsp3) is 0.400. The van der Waals surface area contributed by atoms with Gasteiger partial charge in [0.25, 0.3) is 0 Å². The first-order valence-electron chi connectivity index (χ1n) is 11.4. The van der Waals surface area contributed by atoms with Crippen LogP contribution in [-0.4, -0.2) is 43.0 Å². The first-order valence-corrected chi connectivity index (χ1v) is 9.82. The van der Waals surface area contributed by atoms with Gasteiger partial charge in [-0.1, -0.05) is 44.1 Å². The van der Waals surface area contributed by atoms with Crippen molar-refractivity contribution in [2.75, 3.05) is 18.8 Å². The number of hydrogen-bond donors (Lipinski definition) is 3. The Morgan fingerprint density at radius 1 is 1.22 bits per heavy atom. The van der Waals surface area contributed by atoms with Gasteiger partial charge in [0.05, 0.1) is 11.0 Å². The third-order valence-corrected chi connectivity index (χ3v) is 5.61. The molecular weight excluding hydrogens is 362 g/mol. The number of anilines is 1. The van der Waals surface area contributed by atoms with Gasteiger partial charge in [-0.3, -0.25) is 0 Å². The predicted molar refractivity (Wildman–Crippen MR) is 109 cm³/mol. The van der Waals surface area contributed by atoms with Gasteiger partial charge >= 0.3 is 0 Å². The Morgan fingerprint density at radius 3 is 2.44 bits per heavy atom. The van der Waals surface area contributed by atoms with E-state index in [1.165, 1.54) is 12.1 Å². The second kappa shape index (κ2) is 9.32. The highest BCUT2D eigenvalue weighted by Crippen LogP contribution is 2.19. The largest absolute Gasteiger partial charge is 0.399 e. The van der Waals surface area contributed by atoms with Crippen LogP contribution in [0.5, 0.6) is 0 Å². The van der Waals surface area contributed by atoms with Crippen molar-refractivity contribution in [2.24, 2.45) is 11.6 Å². The molecule has 5 N–H and O–H groups in total. The van der Waals surface area contributed by atoms with Crippen LogP contribution < -0.4 is 11.5 Å². The standard InChI is InChI=1S/C20H29N3O3S/c1-15(2)13-23(27(25,26)18-10-8-17(21)9-11-18)14-20(24)19(22)12-16-6-4-3-5-7-16/h3-11,15,19-20,24H,12-14,21-22H2,1-2H3/t19-,20+/m0/s1/i1D3,13D2,15D/t15?,19-,20+. The summed E-state index contributed by atoms with van der Waals surface area (Å²) in [6, 6.07) is 12.8. The maximum Gasteiger partial charge on any atom is 0.243 e. The molecule has 1 unspecified atom stereocenters. The Hall–Kier alpha value is -1.93. The summed E-state index contributed by atoms with van der Waals surface area (Å²) in [5.74, 6) is -2.87. The summed E-state index contributed by atoms with van der Waals surface area (Å²) < 4.78 is 75.0. The highest BCUT2D eigenvalue weighted by Gasteiger charge is 2.29. The van der Waals surface area contributed by atoms with Gasteiger partial charge < -0.3 is 16.6 Å². The molecule has 0 amide bonds. The lowest BCUT2D eigenvalue weighted by molar-refractivity contribution is 0.116. The topological polar surface area (TPSA) is 110 Å². The molecule has 0 fully saturated rings. The zero-order valence-electron chi connectivity index (χ0n) is 21.0. The van der Waals surface area contributed by atoms with Gasteiger partial charge in [0.2, 0.25) is 10.0 Å². The Morgan fingerprint density at radius 2 is 1.85 bits per heavy atom. The lowest BCUT2D eigenvalue weighted by atomic mass is 10.0. The van der Waals surface area contributed by atoms with E-state index in [0.717, 1.165) is 24.6 Å². The number of rotatable bonds is 9. The molecule has 2 aromatic carbocycles. The minimum atomic E-state index is -4.70. The maximum absolute atomic E-state index is 13.4. The van der Waals surface area contributed by atoms with Crippen LogP contribution in [0.15, 0.2) is 59.5 Å². The van der Waals surface area contributed by atoms with Crippen molar-refractivity contribution in [1.82, 2.24) is 4.31 Å². The molecule has 2 aromatic rings. The maximum atomic E-state index is 13.4. The molecule has 0 saturated carbocycles. The fourth-order valence-electron chi connectivity index (χ4n) is 2.49. The number of hydrogen-bond acceptors (Lipinski definition) is 5. The van der Waals surface area contributed by atoms with Gasteiger partial charge in [-0.25, -0.2) is 8.42 Å². The van der Waals surface area contributed by atoms with Crippen molar-refractivity contribution >= 4 is 15.7 Å². The zero-order valence-corrected chi connectivity index (χ0v) is 15.9. The number of nitrogen functional groups attached to an aromatic ring is 1. The molecule has 0 aliphatic rings. The van der Waals surface area contributed by atoms with E-state index < -0.39 is 48.0 Å². The molecular formula is C20H29N3O3S. The van der Waals surface area contributed by atoms with Crippen molar-refractivity contribution < 1.29 is 21.7 Å². The third kappa shape index (κ3) is 6.04. The van der Waals surface area contributed by atoms with Gasteiger partial charge in [0, 0.05) is 33.0 Å². The van der Waals surface area contributed by atoms with Crippen LogP contribution in [0.4, 0.5) is 5.69 Å². The van der Waals surface area contributed by atoms with Gasteiger partial charge in [0.1, 0.15) is 0 Å². The van der Waals surface area contributed by atoms with Crippen LogP contribution in [0.1, 0.15) is 27.6 Å². The van der Waals surface area contributed by atoms with Crippen LogP contribution >= 0.6 is 0 Å². The van der Waals surface area contributed by atoms with Gasteiger partial charge in [-0.15, -0.1) is 0 Å². The second-order valence-corrected chi connectivity index (χ2v) is 8.13. The van der Waals surface area contributed by atoms with Crippen molar-refractivity contribution in [3.05, 3.63) is 60.2 Å². The van der Waals surface area contributed by atoms with Crippen molar-refractivity contribution in [2.45, 2.75) is 37.2 Å². The highest BCUT2D eigenvalue weighted by molar-refractivity contribution is 7.89. The molecule has 0 spiro atoms. The minimum absolute atomic E-state index is 0.165. The highest BCUT2D eigenvalue weighted by atomic mass is 32.2. The third-order valence-electron chi connectivity index (χ3n) is 3.92. The average Bonchev–Trinajstić information content (AvgIpc) is 2.71. The quantitative estimate of drug-likeness (QED) is 0.559. The van der Waals surface area contributed by atoms with E-state index in [1.807, 2.05) is 0 Å². The number of sulfonamides is 1. The number of benzene rings is 2. The monoisotopic (exact) mass is 397 g/mol. The average molecular weight is 398 g/mol. The first-order chi connectivity index (χ1) is 15.0. The van der Waals surface area contributed by atoms with E-state index in [9.17, 15) is 13.5 Å². The van der Waals surface area contributed by atoms with Crippen LogP contribution in [-0.2, 0) is 16.4 Å². The van der Waals surface area contributed by atoms with Crippen molar-refractivity contribution in [3.63, 3.8) is 0 Å². The summed E-state index contributed by atoms with van der Waals surface area (Å²) in [5, 5.41) is 10.7. The number of aliphatic hydroxyl groups excluding tert-OH is 1. The van der Waals surface area contributed by atoms with Gasteiger partial charge in [-0.2, -0.15) is 4.31 Å². The summed E-state index contributed by atoms with van der Waals surface area (Å²) in [6.45, 7) is -6.49. The van der Waals surface area contributed by atoms with Gasteiger partial charge in [-0.05, 0) is 42.1 Å². The van der Waals surface area contributed by atoms with E-state index in [0.29, 0.717) is 0 Å². The summed E-state index contributed by atoms with van der Waals surface area (Å²) in [5.41, 5.74) is 12.7. The SMILES string of the molecule is [2H]C([2H])([2H])C([2H])(C)C([2H])([2H])N(C[C@@H](O)[C@@H](N)Cc1ccccc1)S(=O)(=O)c1ccc(N)cc1. The number of nitrogens with two attached hydrogens (primary N) is 2. The van der Waals surface area contributed by atoms with Crippen LogP contribution in [0.3, 0.4) is 0 Å². The summed E-state index contributed by atoms with van der Waals surface area (Å²) in [4.78, 5) is -0.370. The van der Waals surface area contributed by atoms with Gasteiger partial charge in [0.15, 0.2) is 0 Å². The lowest BCUT2D eigenvalue weighted by Crippen LogP contribution is -2.47. The fourth-order valence-corrected chi connectivity index (χ4v) is 3.83. The molecule has 0 aliphatic carbocycles. The van der Waals surface area contributed by atoms with Crippen LogP contribution in [0.25, 0.3) is 0 Å². The molecule has 0 radical (unpaired) electrons. The molecule has 0 bridgehead atoms. The van der Waals surface area contributed by atoms with E-state index in [4.69, 9.17) is 19.7 Å². The van der Waals surface area contributed by atoms with Crippen molar-refractivity contribution in [3.8, 4) is 0 Å². The normalized spacial score (nSPS) is 20.9. The van der Waals surface area contributed by atoms with Crippen molar-refractivity contribution in [1.29, 1.82) is 0 Å². The Balaban J connectivity index is 2.49. The summed E-state index contributed by atoms with van der Waals surface area (Å²) in [6.07, 6.45) is -1.39. The van der Waals surface area contributed by atoms with E-state index >= 15 is 0 Å². The van der Waals surface area contributed by atoms with E-state index in [2.05, 4.69) is 0 Å². The molecule has 0 aromatic heterocycles. The summed E-state index contributed by atoms with van der Waals surface area (Å²) >= 11 is 0. The van der Waals surface area contributed by atoms with E-state index in [-0.39, 0.29) is 21.3 Å². The molecule has 27 heavy (non-hydrogen) atoms. The van der Waals surface area contributed by atoms with E-state index in [1.54, 1.807) is 30.3 Å². The zero-order chi connectivity index (χ0) is 25.2. The molecule has 0 aliphatic heterocycles. The molecule has 0 saturated heterocycles. The number of aliphatic hydroxyl groups is 1. The Labute approximate surface area is 170 Å². The molecule has 3 atom stereocenters. The Kier molecular flexibility index (Phi) is 4.88. The molecule has 6 nitrogen and oxygen atoms in total. The minimum Gasteiger partial charge on any atom is -0.399 e. The molecule has 2 rings (SSSR count). The smallest absolute Gasteiger partial charge is 0.243 e. The van der Waals surface area contributed by atoms with Crippen LogP contribution in [0, 0.1) is 5.89 Å². The molecule has 0 heterocycles. The molecule has 148 valence electrons. The predicted octanol–water partition coefficient (Wildman–Crippen LogP) is 1.85. The molecule has 7 heteroatoms. The summed E-state index contributed by atoms with van der Waals surface area (Å²) in [7, 11) is -4.70. The lowest BCUT2D eigenvalue weighted by Gasteiger charge is -2.28. The second-order valence-electron chi connectivity index (χ2n) is 6.26. The Bertz CT molecular complexity index is 1030. The first kappa shape index (κ1) is 14.1. The van der Waals surface area contributed by atoms with Crippen LogP contribution in [0.2, 0.25) is 0 Å².